The van der Waals surface area contributed by atoms with Gasteiger partial charge >= 0.3 is 0 Å². The van der Waals surface area contributed by atoms with Crippen molar-refractivity contribution >= 4 is 41.3 Å². The van der Waals surface area contributed by atoms with Crippen LogP contribution in [0.2, 0.25) is 0 Å². The molecule has 2 N–H and O–H groups in total. The van der Waals surface area contributed by atoms with Crippen molar-refractivity contribution in [3.8, 4) is 0 Å². The van der Waals surface area contributed by atoms with Crippen LogP contribution in [0, 0.1) is 19.7 Å². The lowest BCUT2D eigenvalue weighted by molar-refractivity contribution is 0.607. The molecular formula is C18H24FIN4S. The molecular weight excluding hydrogens is 450 g/mol. The third-order valence-electron chi connectivity index (χ3n) is 4.52. The van der Waals surface area contributed by atoms with Gasteiger partial charge in [0.25, 0.3) is 0 Å². The fraction of sp³-hybridized carbons (Fsp3) is 0.444. The molecule has 2 aromatic rings. The van der Waals surface area contributed by atoms with E-state index in [0.717, 1.165) is 41.6 Å². The maximum atomic E-state index is 13.5. The number of hydrogen-bond acceptors (Lipinski definition) is 3. The Morgan fingerprint density at radius 3 is 2.64 bits per heavy atom. The number of aryl methyl sites for hydroxylation is 2. The topological polar surface area (TPSA) is 49.3 Å². The molecule has 1 saturated carbocycles. The first-order valence-corrected chi connectivity index (χ1v) is 8.97. The zero-order valence-corrected chi connectivity index (χ0v) is 17.9. The molecule has 1 heterocycles. The molecule has 0 saturated heterocycles. The minimum atomic E-state index is -0.169. The van der Waals surface area contributed by atoms with Crippen molar-refractivity contribution in [1.82, 2.24) is 15.6 Å². The summed E-state index contributed by atoms with van der Waals surface area (Å²) in [7, 11) is 1.77. The van der Waals surface area contributed by atoms with E-state index in [1.54, 1.807) is 30.5 Å². The summed E-state index contributed by atoms with van der Waals surface area (Å²) in [6.07, 6.45) is 2.15. The molecule has 3 rings (SSSR count). The van der Waals surface area contributed by atoms with E-state index in [1.807, 2.05) is 19.9 Å². The van der Waals surface area contributed by atoms with Gasteiger partial charge in [0.05, 0.1) is 17.2 Å². The van der Waals surface area contributed by atoms with Gasteiger partial charge in [0, 0.05) is 23.9 Å². The Labute approximate surface area is 169 Å². The van der Waals surface area contributed by atoms with Crippen molar-refractivity contribution < 1.29 is 4.39 Å². The van der Waals surface area contributed by atoms with Crippen molar-refractivity contribution in [3.05, 3.63) is 51.2 Å². The Morgan fingerprint density at radius 2 is 2.08 bits per heavy atom. The van der Waals surface area contributed by atoms with Gasteiger partial charge in [0.15, 0.2) is 5.96 Å². The van der Waals surface area contributed by atoms with Crippen LogP contribution in [-0.4, -0.2) is 24.5 Å². The number of thiazole rings is 1. The Hall–Kier alpha value is -1.22. The van der Waals surface area contributed by atoms with Crippen molar-refractivity contribution in [2.24, 2.45) is 4.99 Å². The molecule has 4 nitrogen and oxygen atoms in total. The van der Waals surface area contributed by atoms with Gasteiger partial charge in [0.2, 0.25) is 0 Å². The van der Waals surface area contributed by atoms with Crippen LogP contribution in [0.5, 0.6) is 0 Å². The Balaban J connectivity index is 0.00000225. The molecule has 0 bridgehead atoms. The summed E-state index contributed by atoms with van der Waals surface area (Å²) in [5, 5.41) is 7.80. The van der Waals surface area contributed by atoms with E-state index in [4.69, 9.17) is 0 Å². The van der Waals surface area contributed by atoms with Gasteiger partial charge in [-0.3, -0.25) is 4.99 Å². The second kappa shape index (κ2) is 8.44. The predicted octanol–water partition coefficient (Wildman–Crippen LogP) is 3.91. The van der Waals surface area contributed by atoms with Gasteiger partial charge in [-0.1, -0.05) is 12.1 Å². The van der Waals surface area contributed by atoms with E-state index in [1.165, 1.54) is 10.9 Å². The molecule has 136 valence electrons. The van der Waals surface area contributed by atoms with E-state index in [2.05, 4.69) is 20.6 Å². The molecule has 1 aromatic carbocycles. The number of guanidine groups is 1. The molecule has 25 heavy (non-hydrogen) atoms. The van der Waals surface area contributed by atoms with Crippen LogP contribution in [0.25, 0.3) is 0 Å². The molecule has 0 unspecified atom stereocenters. The predicted molar refractivity (Wildman–Crippen MR) is 113 cm³/mol. The van der Waals surface area contributed by atoms with E-state index >= 15 is 0 Å². The van der Waals surface area contributed by atoms with Crippen LogP contribution >= 0.6 is 35.3 Å². The molecule has 0 atom stereocenters. The highest BCUT2D eigenvalue weighted by Crippen LogP contribution is 2.47. The maximum Gasteiger partial charge on any atom is 0.191 e. The minimum absolute atomic E-state index is 0. The summed E-state index contributed by atoms with van der Waals surface area (Å²) in [4.78, 5) is 9.95. The maximum absolute atomic E-state index is 13.5. The summed E-state index contributed by atoms with van der Waals surface area (Å²) in [5.41, 5.74) is 2.18. The molecule has 0 radical (unpaired) electrons. The number of rotatable bonds is 5. The van der Waals surface area contributed by atoms with Crippen molar-refractivity contribution in [2.75, 3.05) is 13.6 Å². The van der Waals surface area contributed by atoms with Crippen LogP contribution in [0.4, 0.5) is 4.39 Å². The average Bonchev–Trinajstić information content (AvgIpc) is 3.28. The lowest BCUT2D eigenvalue weighted by Crippen LogP contribution is -2.40. The van der Waals surface area contributed by atoms with Crippen LogP contribution in [0.15, 0.2) is 29.3 Å². The standard InChI is InChI=1S/C18H23FN4S.HI/c1-12-16(24-13(2)23-12)10-21-17(20-3)22-11-18(7-8-18)14-5-4-6-15(19)9-14;/h4-6,9H,7-8,10-11H2,1-3H3,(H2,20,21,22);1H. The largest absolute Gasteiger partial charge is 0.356 e. The third kappa shape index (κ3) is 4.91. The van der Waals surface area contributed by atoms with Crippen LogP contribution in [0.1, 0.15) is 34.0 Å². The molecule has 1 aliphatic carbocycles. The van der Waals surface area contributed by atoms with E-state index in [0.29, 0.717) is 6.54 Å². The summed E-state index contributed by atoms with van der Waals surface area (Å²) < 4.78 is 13.5. The number of aliphatic imine (C=N–C) groups is 1. The first kappa shape index (κ1) is 20.1. The SMILES string of the molecule is CN=C(NCc1sc(C)nc1C)NCC1(c2cccc(F)c2)CC1.I. The van der Waals surface area contributed by atoms with Crippen LogP contribution in [-0.2, 0) is 12.0 Å². The van der Waals surface area contributed by atoms with Gasteiger partial charge in [-0.15, -0.1) is 35.3 Å². The average molecular weight is 474 g/mol. The van der Waals surface area contributed by atoms with Gasteiger partial charge in [-0.05, 0) is 44.4 Å². The Kier molecular flexibility index (Phi) is 6.79. The number of hydrogen-bond donors (Lipinski definition) is 2. The summed E-state index contributed by atoms with van der Waals surface area (Å²) >= 11 is 1.70. The van der Waals surface area contributed by atoms with Gasteiger partial charge in [-0.25, -0.2) is 9.37 Å². The minimum Gasteiger partial charge on any atom is -0.356 e. The smallest absolute Gasteiger partial charge is 0.191 e. The Bertz CT molecular complexity index is 755. The highest BCUT2D eigenvalue weighted by molar-refractivity contribution is 14.0. The van der Waals surface area contributed by atoms with Gasteiger partial charge in [-0.2, -0.15) is 0 Å². The Morgan fingerprint density at radius 1 is 1.32 bits per heavy atom. The van der Waals surface area contributed by atoms with Crippen molar-refractivity contribution in [3.63, 3.8) is 0 Å². The van der Waals surface area contributed by atoms with E-state index in [9.17, 15) is 4.39 Å². The van der Waals surface area contributed by atoms with Crippen molar-refractivity contribution in [1.29, 1.82) is 0 Å². The van der Waals surface area contributed by atoms with E-state index < -0.39 is 0 Å². The fourth-order valence-corrected chi connectivity index (χ4v) is 3.79. The van der Waals surface area contributed by atoms with Crippen LogP contribution in [0.3, 0.4) is 0 Å². The molecule has 7 heteroatoms. The number of benzene rings is 1. The lowest BCUT2D eigenvalue weighted by atomic mass is 9.96. The summed E-state index contributed by atoms with van der Waals surface area (Å²) in [6, 6.07) is 6.94. The quantitative estimate of drug-likeness (QED) is 0.393. The normalized spacial score (nSPS) is 15.4. The summed E-state index contributed by atoms with van der Waals surface area (Å²) in [5.74, 6) is 0.598. The lowest BCUT2D eigenvalue weighted by Gasteiger charge is -2.19. The highest BCUT2D eigenvalue weighted by Gasteiger charge is 2.44. The second-order valence-electron chi connectivity index (χ2n) is 6.31. The monoisotopic (exact) mass is 474 g/mol. The molecule has 0 spiro atoms. The zero-order chi connectivity index (χ0) is 17.2. The number of nitrogens with zero attached hydrogens (tertiary/aromatic N) is 2. The molecule has 0 amide bonds. The number of aromatic nitrogens is 1. The second-order valence-corrected chi connectivity index (χ2v) is 7.60. The zero-order valence-electron chi connectivity index (χ0n) is 14.7. The van der Waals surface area contributed by atoms with Gasteiger partial charge in [0.1, 0.15) is 5.82 Å². The van der Waals surface area contributed by atoms with Gasteiger partial charge < -0.3 is 10.6 Å². The molecule has 0 aliphatic heterocycles. The molecule has 1 fully saturated rings. The van der Waals surface area contributed by atoms with E-state index in [-0.39, 0.29) is 35.2 Å². The third-order valence-corrected chi connectivity index (χ3v) is 5.60. The fourth-order valence-electron chi connectivity index (χ4n) is 2.91. The van der Waals surface area contributed by atoms with Crippen LogP contribution < -0.4 is 10.6 Å². The number of nitrogens with one attached hydrogen (secondary N) is 2. The highest BCUT2D eigenvalue weighted by atomic mass is 127. The number of halogens is 2. The van der Waals surface area contributed by atoms with Crippen molar-refractivity contribution in [2.45, 2.75) is 38.6 Å². The molecule has 1 aromatic heterocycles. The first-order valence-electron chi connectivity index (χ1n) is 8.16. The first-order chi connectivity index (χ1) is 11.5. The summed E-state index contributed by atoms with van der Waals surface area (Å²) in [6.45, 7) is 5.52. The molecule has 1 aliphatic rings.